The first-order valence-corrected chi connectivity index (χ1v) is 8.46. The van der Waals surface area contributed by atoms with Crippen LogP contribution in [-0.2, 0) is 20.8 Å². The highest BCUT2D eigenvalue weighted by Crippen LogP contribution is 2.29. The molecule has 1 heterocycles. The van der Waals surface area contributed by atoms with Gasteiger partial charge in [-0.05, 0) is 44.2 Å². The second-order valence-corrected chi connectivity index (χ2v) is 6.65. The van der Waals surface area contributed by atoms with Crippen molar-refractivity contribution in [1.82, 2.24) is 15.1 Å². The number of fused-ring (bicyclic) bond motifs is 1. The van der Waals surface area contributed by atoms with E-state index in [0.29, 0.717) is 4.90 Å². The van der Waals surface area contributed by atoms with Gasteiger partial charge in [-0.3, -0.25) is 19.3 Å². The number of hydrogen-bond donors (Lipinski definition) is 1. The summed E-state index contributed by atoms with van der Waals surface area (Å²) in [5, 5.41) is 2.89. The number of nitrogens with one attached hydrogen (secondary N) is 1. The molecular weight excluding hydrogens is 322 g/mol. The fourth-order valence-corrected chi connectivity index (χ4v) is 3.40. The van der Waals surface area contributed by atoms with Gasteiger partial charge in [-0.1, -0.05) is 24.3 Å². The summed E-state index contributed by atoms with van der Waals surface area (Å²) in [7, 11) is 0. The molecule has 0 radical (unpaired) electrons. The van der Waals surface area contributed by atoms with Gasteiger partial charge in [0, 0.05) is 6.04 Å². The standard InChI is InChI=1S/C18H21N3O4/c1-11(2)21-17(24)16(23)20(18(21)25)10-15(22)19-14-9-5-7-12-6-3-4-8-13(12)14/h3-4,6,8,11,14H,5,7,9-10H2,1-2H3,(H,19,22)/t14-/m1/s1. The van der Waals surface area contributed by atoms with Crippen molar-refractivity contribution in [3.05, 3.63) is 35.4 Å². The molecule has 0 aromatic heterocycles. The summed E-state index contributed by atoms with van der Waals surface area (Å²) in [5.74, 6) is -2.27. The lowest BCUT2D eigenvalue weighted by Gasteiger charge is -2.27. The third-order valence-corrected chi connectivity index (χ3v) is 4.61. The van der Waals surface area contributed by atoms with Gasteiger partial charge in [0.25, 0.3) is 0 Å². The first-order chi connectivity index (χ1) is 11.9. The van der Waals surface area contributed by atoms with Crippen LogP contribution in [0.3, 0.4) is 0 Å². The van der Waals surface area contributed by atoms with Gasteiger partial charge in [0.1, 0.15) is 6.54 Å². The average Bonchev–Trinajstić information content (AvgIpc) is 2.79. The highest BCUT2D eigenvalue weighted by Gasteiger charge is 2.46. The van der Waals surface area contributed by atoms with E-state index in [2.05, 4.69) is 5.32 Å². The van der Waals surface area contributed by atoms with Crippen LogP contribution in [0.2, 0.25) is 0 Å². The van der Waals surface area contributed by atoms with Crippen molar-refractivity contribution in [3.63, 3.8) is 0 Å². The number of benzene rings is 1. The van der Waals surface area contributed by atoms with Crippen molar-refractivity contribution in [2.75, 3.05) is 6.54 Å². The van der Waals surface area contributed by atoms with E-state index in [1.54, 1.807) is 13.8 Å². The number of carbonyl (C=O) groups excluding carboxylic acids is 4. The van der Waals surface area contributed by atoms with Crippen molar-refractivity contribution >= 4 is 23.8 Å². The zero-order valence-electron chi connectivity index (χ0n) is 14.3. The topological polar surface area (TPSA) is 86.8 Å². The van der Waals surface area contributed by atoms with E-state index in [0.717, 1.165) is 29.7 Å². The normalized spacial score (nSPS) is 20.3. The summed E-state index contributed by atoms with van der Waals surface area (Å²) >= 11 is 0. The van der Waals surface area contributed by atoms with E-state index in [4.69, 9.17) is 0 Å². The smallest absolute Gasteiger partial charge is 0.334 e. The number of rotatable bonds is 4. The van der Waals surface area contributed by atoms with Gasteiger partial charge in [0.15, 0.2) is 0 Å². The minimum Gasteiger partial charge on any atom is -0.348 e. The van der Waals surface area contributed by atoms with Crippen LogP contribution in [0.1, 0.15) is 43.9 Å². The van der Waals surface area contributed by atoms with Crippen LogP contribution in [0.5, 0.6) is 0 Å². The number of imide groups is 2. The lowest BCUT2D eigenvalue weighted by Crippen LogP contribution is -2.43. The summed E-state index contributed by atoms with van der Waals surface area (Å²) in [4.78, 5) is 50.1. The lowest BCUT2D eigenvalue weighted by molar-refractivity contribution is -0.144. The first kappa shape index (κ1) is 17.1. The SMILES string of the molecule is CC(C)N1C(=O)C(=O)N(CC(=O)N[C@@H]2CCCc3ccccc32)C1=O. The second-order valence-electron chi connectivity index (χ2n) is 6.65. The third-order valence-electron chi connectivity index (χ3n) is 4.61. The first-order valence-electron chi connectivity index (χ1n) is 8.46. The number of nitrogens with zero attached hydrogens (tertiary/aromatic N) is 2. The van der Waals surface area contributed by atoms with Gasteiger partial charge < -0.3 is 5.32 Å². The Labute approximate surface area is 146 Å². The Morgan fingerprint density at radius 2 is 1.92 bits per heavy atom. The van der Waals surface area contributed by atoms with Crippen molar-refractivity contribution in [2.45, 2.75) is 45.2 Å². The summed E-state index contributed by atoms with van der Waals surface area (Å²) < 4.78 is 0. The molecule has 1 fully saturated rings. The van der Waals surface area contributed by atoms with Crippen LogP contribution >= 0.6 is 0 Å². The Bertz CT molecular complexity index is 744. The molecule has 1 atom stereocenters. The molecule has 7 heteroatoms. The van der Waals surface area contributed by atoms with Crippen molar-refractivity contribution in [2.24, 2.45) is 0 Å². The highest BCUT2D eigenvalue weighted by molar-refractivity contribution is 6.45. The molecule has 1 aromatic rings. The molecule has 132 valence electrons. The maximum atomic E-state index is 12.4. The van der Waals surface area contributed by atoms with Gasteiger partial charge in [0.05, 0.1) is 6.04 Å². The maximum absolute atomic E-state index is 12.4. The number of aryl methyl sites for hydroxylation is 1. The van der Waals surface area contributed by atoms with Crippen molar-refractivity contribution in [1.29, 1.82) is 0 Å². The minimum absolute atomic E-state index is 0.137. The highest BCUT2D eigenvalue weighted by atomic mass is 16.2. The molecule has 1 saturated heterocycles. The van der Waals surface area contributed by atoms with Crippen LogP contribution < -0.4 is 5.32 Å². The molecule has 0 spiro atoms. The van der Waals surface area contributed by atoms with Gasteiger partial charge in [-0.15, -0.1) is 0 Å². The van der Waals surface area contributed by atoms with E-state index >= 15 is 0 Å². The second kappa shape index (κ2) is 6.66. The zero-order valence-corrected chi connectivity index (χ0v) is 14.3. The van der Waals surface area contributed by atoms with E-state index in [-0.39, 0.29) is 6.04 Å². The van der Waals surface area contributed by atoms with E-state index in [1.165, 1.54) is 5.56 Å². The molecule has 1 aliphatic carbocycles. The van der Waals surface area contributed by atoms with Gasteiger partial charge in [-0.2, -0.15) is 0 Å². The summed E-state index contributed by atoms with van der Waals surface area (Å²) in [5.41, 5.74) is 2.27. The fraction of sp³-hybridized carbons (Fsp3) is 0.444. The van der Waals surface area contributed by atoms with E-state index in [9.17, 15) is 19.2 Å². The number of amides is 5. The van der Waals surface area contributed by atoms with E-state index in [1.807, 2.05) is 24.3 Å². The summed E-state index contributed by atoms with van der Waals surface area (Å²) in [6.45, 7) is 2.85. The molecule has 1 aliphatic heterocycles. The Hall–Kier alpha value is -2.70. The fourth-order valence-electron chi connectivity index (χ4n) is 3.40. The Kier molecular flexibility index (Phi) is 4.57. The van der Waals surface area contributed by atoms with Crippen molar-refractivity contribution < 1.29 is 19.2 Å². The van der Waals surface area contributed by atoms with Crippen LogP contribution in [0.4, 0.5) is 4.79 Å². The molecule has 1 aromatic carbocycles. The third kappa shape index (κ3) is 3.14. The summed E-state index contributed by atoms with van der Waals surface area (Å²) in [6, 6.07) is 6.62. The van der Waals surface area contributed by atoms with Gasteiger partial charge in [-0.25, -0.2) is 9.69 Å². The molecule has 0 unspecified atom stereocenters. The van der Waals surface area contributed by atoms with Crippen molar-refractivity contribution in [3.8, 4) is 0 Å². The van der Waals surface area contributed by atoms with Crippen LogP contribution in [-0.4, -0.2) is 46.1 Å². The van der Waals surface area contributed by atoms with Crippen LogP contribution in [0.15, 0.2) is 24.3 Å². The van der Waals surface area contributed by atoms with Gasteiger partial charge in [0.2, 0.25) is 5.91 Å². The predicted octanol–water partition coefficient (Wildman–Crippen LogP) is 1.38. The van der Waals surface area contributed by atoms with Gasteiger partial charge >= 0.3 is 17.8 Å². The summed E-state index contributed by atoms with van der Waals surface area (Å²) in [6.07, 6.45) is 2.74. The lowest BCUT2D eigenvalue weighted by atomic mass is 9.88. The minimum atomic E-state index is -0.946. The quantitative estimate of drug-likeness (QED) is 0.661. The molecule has 5 amide bonds. The molecule has 0 saturated carbocycles. The molecule has 7 nitrogen and oxygen atoms in total. The predicted molar refractivity (Wildman–Crippen MR) is 89.4 cm³/mol. The monoisotopic (exact) mass is 343 g/mol. The number of carbonyl (C=O) groups is 4. The zero-order chi connectivity index (χ0) is 18.1. The Balaban J connectivity index is 1.69. The number of hydrogen-bond acceptors (Lipinski definition) is 4. The average molecular weight is 343 g/mol. The Morgan fingerprint density at radius 3 is 2.60 bits per heavy atom. The molecule has 2 aliphatic rings. The largest absolute Gasteiger partial charge is 0.348 e. The Morgan fingerprint density at radius 1 is 1.20 bits per heavy atom. The number of urea groups is 1. The maximum Gasteiger partial charge on any atom is 0.334 e. The molecule has 3 rings (SSSR count). The molecular formula is C18H21N3O4. The molecule has 1 N–H and O–H groups in total. The van der Waals surface area contributed by atoms with Crippen LogP contribution in [0, 0.1) is 0 Å². The molecule has 25 heavy (non-hydrogen) atoms. The molecule has 0 bridgehead atoms. The van der Waals surface area contributed by atoms with E-state index < -0.39 is 36.3 Å². The van der Waals surface area contributed by atoms with Crippen LogP contribution in [0.25, 0.3) is 0 Å².